The van der Waals surface area contributed by atoms with Gasteiger partial charge in [0.1, 0.15) is 24.0 Å². The van der Waals surface area contributed by atoms with Gasteiger partial charge in [-0.25, -0.2) is 4.98 Å². The number of aromatic nitrogens is 3. The molecule has 0 radical (unpaired) electrons. The van der Waals surface area contributed by atoms with Crippen LogP contribution in [0.5, 0.6) is 11.5 Å². The minimum Gasteiger partial charge on any atom is -0.457 e. The van der Waals surface area contributed by atoms with Crippen LogP contribution in [0.15, 0.2) is 146 Å². The number of pyridine rings is 2. The minimum absolute atomic E-state index is 0.00751. The summed E-state index contributed by atoms with van der Waals surface area (Å²) in [4.78, 5) is 14.0. The van der Waals surface area contributed by atoms with E-state index in [1.807, 2.05) is 24.7 Å². The number of para-hydroxylation sites is 1. The van der Waals surface area contributed by atoms with Gasteiger partial charge >= 0.3 is 0 Å². The van der Waals surface area contributed by atoms with Gasteiger partial charge in [0, 0.05) is 46.4 Å². The highest BCUT2D eigenvalue weighted by molar-refractivity contribution is 6.09. The van der Waals surface area contributed by atoms with E-state index in [2.05, 4.69) is 161 Å². The lowest BCUT2D eigenvalue weighted by molar-refractivity contribution is 0.483. The third-order valence-corrected chi connectivity index (χ3v) is 9.55. The van der Waals surface area contributed by atoms with Crippen molar-refractivity contribution in [2.75, 3.05) is 16.5 Å². The Morgan fingerprint density at radius 2 is 1.37 bits per heavy atom. The van der Waals surface area contributed by atoms with Crippen LogP contribution >= 0.6 is 0 Å². The van der Waals surface area contributed by atoms with Crippen molar-refractivity contribution >= 4 is 55.3 Å². The van der Waals surface area contributed by atoms with Gasteiger partial charge in [-0.05, 0) is 71.0 Å². The number of hydrogen-bond donors (Lipinski definition) is 0. The van der Waals surface area contributed by atoms with Crippen LogP contribution in [0.3, 0.4) is 0 Å². The molecule has 0 bridgehead atoms. The molecule has 49 heavy (non-hydrogen) atoms. The van der Waals surface area contributed by atoms with Crippen LogP contribution in [-0.2, 0) is 5.41 Å². The maximum Gasteiger partial charge on any atom is 0.137 e. The molecule has 6 heteroatoms. The molecule has 0 saturated heterocycles. The third kappa shape index (κ3) is 4.95. The van der Waals surface area contributed by atoms with Crippen LogP contribution in [0, 0.1) is 0 Å². The summed E-state index contributed by atoms with van der Waals surface area (Å²) in [6.07, 6.45) is 5.73. The van der Waals surface area contributed by atoms with Crippen LogP contribution in [-0.4, -0.2) is 21.2 Å². The summed E-state index contributed by atoms with van der Waals surface area (Å²) in [6, 6.07) is 44.6. The van der Waals surface area contributed by atoms with Crippen LogP contribution in [0.2, 0.25) is 0 Å². The van der Waals surface area contributed by atoms with Crippen LogP contribution in [0.1, 0.15) is 26.3 Å². The SMILES string of the molecule is CC(C)(C)c1ccnc(-n2c3ccccc3c3ccc(Oc4cccc(N5CN(c6cccc7ccccc67)c6ccncc65)c4)cc32)c1. The smallest absolute Gasteiger partial charge is 0.137 e. The molecule has 5 aromatic carbocycles. The zero-order valence-electron chi connectivity index (χ0n) is 27.7. The summed E-state index contributed by atoms with van der Waals surface area (Å²) in [5, 5.41) is 4.79. The fraction of sp³-hybridized carbons (Fsp3) is 0.116. The maximum atomic E-state index is 6.62. The molecular formula is C43H35N5O. The minimum atomic E-state index is 0.00751. The summed E-state index contributed by atoms with van der Waals surface area (Å²) in [6.45, 7) is 7.36. The van der Waals surface area contributed by atoms with E-state index in [0.717, 1.165) is 50.8 Å². The first kappa shape index (κ1) is 29.0. The lowest BCUT2D eigenvalue weighted by Crippen LogP contribution is -2.24. The summed E-state index contributed by atoms with van der Waals surface area (Å²) in [5.41, 5.74) is 7.81. The van der Waals surface area contributed by atoms with E-state index in [1.54, 1.807) is 0 Å². The first-order valence-electron chi connectivity index (χ1n) is 16.7. The van der Waals surface area contributed by atoms with Gasteiger partial charge in [0.05, 0.1) is 34.3 Å². The molecule has 3 aromatic heterocycles. The lowest BCUT2D eigenvalue weighted by atomic mass is 9.88. The molecule has 238 valence electrons. The molecule has 1 aliphatic heterocycles. The number of hydrogen-bond acceptors (Lipinski definition) is 5. The van der Waals surface area contributed by atoms with E-state index in [-0.39, 0.29) is 5.41 Å². The van der Waals surface area contributed by atoms with Gasteiger partial charge in [0.25, 0.3) is 0 Å². The Morgan fingerprint density at radius 3 is 2.27 bits per heavy atom. The van der Waals surface area contributed by atoms with Gasteiger partial charge in [0.2, 0.25) is 0 Å². The van der Waals surface area contributed by atoms with E-state index < -0.39 is 0 Å². The first-order valence-corrected chi connectivity index (χ1v) is 16.7. The molecule has 0 fully saturated rings. The average Bonchev–Trinajstić information content (AvgIpc) is 3.67. The van der Waals surface area contributed by atoms with E-state index >= 15 is 0 Å². The lowest BCUT2D eigenvalue weighted by Gasteiger charge is -2.23. The van der Waals surface area contributed by atoms with Crippen molar-refractivity contribution in [3.63, 3.8) is 0 Å². The standard InChI is InChI=1S/C43H35N5O/c1-43(2,3)30-20-23-45-42(24-30)48-38-16-7-6-15-35(38)36-19-18-33(26-40(36)48)49-32-13-9-12-31(25-32)46-28-47(39-21-22-44-27-41(39)46)37-17-8-11-29-10-4-5-14-34(29)37/h4-27H,28H2,1-3H3. The molecule has 0 atom stereocenters. The van der Waals surface area contributed by atoms with E-state index in [9.17, 15) is 0 Å². The molecule has 0 unspecified atom stereocenters. The Balaban J connectivity index is 1.08. The van der Waals surface area contributed by atoms with Gasteiger partial charge < -0.3 is 14.5 Å². The zero-order chi connectivity index (χ0) is 33.1. The summed E-state index contributed by atoms with van der Waals surface area (Å²) >= 11 is 0. The second kappa shape index (κ2) is 11.2. The third-order valence-electron chi connectivity index (χ3n) is 9.55. The number of rotatable bonds is 5. The quantitative estimate of drug-likeness (QED) is 0.188. The molecule has 4 heterocycles. The van der Waals surface area contributed by atoms with Crippen molar-refractivity contribution in [1.29, 1.82) is 0 Å². The second-order valence-electron chi connectivity index (χ2n) is 13.6. The van der Waals surface area contributed by atoms with Gasteiger partial charge in [-0.2, -0.15) is 0 Å². The molecule has 0 aliphatic carbocycles. The highest BCUT2D eigenvalue weighted by Gasteiger charge is 2.29. The van der Waals surface area contributed by atoms with E-state index in [4.69, 9.17) is 9.72 Å². The largest absolute Gasteiger partial charge is 0.457 e. The van der Waals surface area contributed by atoms with Crippen LogP contribution in [0.25, 0.3) is 38.4 Å². The highest BCUT2D eigenvalue weighted by Crippen LogP contribution is 2.46. The zero-order valence-corrected chi connectivity index (χ0v) is 27.7. The Bertz CT molecular complexity index is 2520. The Hall–Kier alpha value is -6.14. The van der Waals surface area contributed by atoms with Crippen LogP contribution in [0.4, 0.5) is 22.7 Å². The summed E-state index contributed by atoms with van der Waals surface area (Å²) in [7, 11) is 0. The molecular weight excluding hydrogens is 603 g/mol. The molecule has 0 N–H and O–H groups in total. The van der Waals surface area contributed by atoms with Crippen molar-refractivity contribution in [3.8, 4) is 17.3 Å². The van der Waals surface area contributed by atoms with E-state index in [0.29, 0.717) is 6.67 Å². The summed E-state index contributed by atoms with van der Waals surface area (Å²) < 4.78 is 8.87. The van der Waals surface area contributed by atoms with Crippen molar-refractivity contribution < 1.29 is 4.74 Å². The molecule has 6 nitrogen and oxygen atoms in total. The molecule has 0 amide bonds. The van der Waals surface area contributed by atoms with Crippen molar-refractivity contribution in [2.24, 2.45) is 0 Å². The predicted octanol–water partition coefficient (Wildman–Crippen LogP) is 11.1. The first-order chi connectivity index (χ1) is 23.9. The number of fused-ring (bicyclic) bond motifs is 5. The van der Waals surface area contributed by atoms with Gasteiger partial charge in [-0.3, -0.25) is 9.55 Å². The van der Waals surface area contributed by atoms with Crippen LogP contribution < -0.4 is 14.5 Å². The highest BCUT2D eigenvalue weighted by atomic mass is 16.5. The topological polar surface area (TPSA) is 46.4 Å². The fourth-order valence-electron chi connectivity index (χ4n) is 7.10. The average molecular weight is 638 g/mol. The Morgan fingerprint density at radius 1 is 0.592 bits per heavy atom. The molecule has 0 saturated carbocycles. The monoisotopic (exact) mass is 637 g/mol. The van der Waals surface area contributed by atoms with Crippen molar-refractivity contribution in [1.82, 2.24) is 14.5 Å². The molecule has 1 aliphatic rings. The number of ether oxygens (including phenoxy) is 1. The molecule has 9 rings (SSSR count). The van der Waals surface area contributed by atoms with Crippen molar-refractivity contribution in [3.05, 3.63) is 152 Å². The second-order valence-corrected chi connectivity index (χ2v) is 13.6. The number of nitrogens with zero attached hydrogens (tertiary/aromatic N) is 5. The van der Waals surface area contributed by atoms with Crippen molar-refractivity contribution in [2.45, 2.75) is 26.2 Å². The maximum absolute atomic E-state index is 6.62. The number of benzene rings is 5. The predicted molar refractivity (Wildman–Crippen MR) is 201 cm³/mol. The Labute approximate surface area is 285 Å². The van der Waals surface area contributed by atoms with Gasteiger partial charge in [-0.15, -0.1) is 0 Å². The number of anilines is 4. The Kier molecular flexibility index (Phi) is 6.66. The van der Waals surface area contributed by atoms with E-state index in [1.165, 1.54) is 27.4 Å². The normalized spacial score (nSPS) is 13.0. The molecule has 8 aromatic rings. The molecule has 0 spiro atoms. The fourth-order valence-corrected chi connectivity index (χ4v) is 7.10. The van der Waals surface area contributed by atoms with Gasteiger partial charge in [0.15, 0.2) is 0 Å². The summed E-state index contributed by atoms with van der Waals surface area (Å²) in [5.74, 6) is 2.43. The van der Waals surface area contributed by atoms with Gasteiger partial charge in [-0.1, -0.05) is 81.4 Å².